The Hall–Kier alpha value is -1.23. The average molecular weight is 286 g/mol. The molecular formula is C16H19BO2S. The molecule has 2 rings (SSSR count). The number of hydrogen-bond acceptors (Lipinski definition) is 3. The summed E-state index contributed by atoms with van der Waals surface area (Å²) in [7, 11) is -1.39. The molecule has 2 aromatic carbocycles. The van der Waals surface area contributed by atoms with E-state index >= 15 is 0 Å². The first-order valence-electron chi connectivity index (χ1n) is 6.74. The van der Waals surface area contributed by atoms with Gasteiger partial charge in [-0.1, -0.05) is 50.2 Å². The number of thioether (sulfide) groups is 1. The fraction of sp³-hybridized carbons (Fsp3) is 0.250. The fourth-order valence-electron chi connectivity index (χ4n) is 1.90. The average Bonchev–Trinajstić information content (AvgIpc) is 2.46. The number of hydrogen-bond donors (Lipinski definition) is 2. The molecular weight excluding hydrogens is 267 g/mol. The smallest absolute Gasteiger partial charge is 0.423 e. The fourth-order valence-corrected chi connectivity index (χ4v) is 2.76. The predicted octanol–water partition coefficient (Wildman–Crippen LogP) is 2.78. The van der Waals surface area contributed by atoms with Gasteiger partial charge >= 0.3 is 7.12 Å². The minimum Gasteiger partial charge on any atom is -0.423 e. The molecule has 0 unspecified atom stereocenters. The standard InChI is InChI=1S/C16H19BO2S/c1-12(2)14-5-9-16(10-6-14)20-11-13-3-7-15(8-4-13)17(18)19/h3-10,12,18-19H,11H2,1-2H3. The van der Waals surface area contributed by atoms with E-state index in [0.717, 1.165) is 5.75 Å². The van der Waals surface area contributed by atoms with Crippen LogP contribution in [0.25, 0.3) is 0 Å². The molecule has 20 heavy (non-hydrogen) atoms. The zero-order valence-corrected chi connectivity index (χ0v) is 12.6. The van der Waals surface area contributed by atoms with Gasteiger partial charge in [0, 0.05) is 10.6 Å². The Morgan fingerprint density at radius 3 is 2.05 bits per heavy atom. The third kappa shape index (κ3) is 4.13. The van der Waals surface area contributed by atoms with Crippen LogP contribution in [-0.2, 0) is 5.75 Å². The van der Waals surface area contributed by atoms with Crippen molar-refractivity contribution in [2.75, 3.05) is 0 Å². The molecule has 104 valence electrons. The van der Waals surface area contributed by atoms with E-state index in [0.29, 0.717) is 11.4 Å². The maximum Gasteiger partial charge on any atom is 0.488 e. The lowest BCUT2D eigenvalue weighted by Crippen LogP contribution is -2.29. The van der Waals surface area contributed by atoms with Crippen LogP contribution in [0.2, 0.25) is 0 Å². The van der Waals surface area contributed by atoms with Gasteiger partial charge in [-0.25, -0.2) is 0 Å². The largest absolute Gasteiger partial charge is 0.488 e. The van der Waals surface area contributed by atoms with Crippen LogP contribution in [0.15, 0.2) is 53.4 Å². The van der Waals surface area contributed by atoms with Gasteiger partial charge in [0.15, 0.2) is 0 Å². The highest BCUT2D eigenvalue weighted by molar-refractivity contribution is 7.98. The lowest BCUT2D eigenvalue weighted by atomic mass is 9.80. The highest BCUT2D eigenvalue weighted by atomic mass is 32.2. The molecule has 0 aliphatic rings. The van der Waals surface area contributed by atoms with Crippen molar-refractivity contribution in [3.8, 4) is 0 Å². The molecule has 0 radical (unpaired) electrons. The van der Waals surface area contributed by atoms with Crippen molar-refractivity contribution in [2.24, 2.45) is 0 Å². The van der Waals surface area contributed by atoms with Crippen molar-refractivity contribution >= 4 is 24.3 Å². The van der Waals surface area contributed by atoms with Crippen LogP contribution in [-0.4, -0.2) is 17.2 Å². The Balaban J connectivity index is 1.94. The van der Waals surface area contributed by atoms with Crippen LogP contribution in [0.1, 0.15) is 30.9 Å². The second-order valence-electron chi connectivity index (χ2n) is 5.13. The molecule has 2 nitrogen and oxygen atoms in total. The van der Waals surface area contributed by atoms with Crippen LogP contribution < -0.4 is 5.46 Å². The van der Waals surface area contributed by atoms with E-state index in [1.54, 1.807) is 23.9 Å². The molecule has 0 aliphatic carbocycles. The van der Waals surface area contributed by atoms with Gasteiger partial charge in [-0.15, -0.1) is 11.8 Å². The molecule has 0 aromatic heterocycles. The first-order chi connectivity index (χ1) is 9.56. The van der Waals surface area contributed by atoms with Crippen molar-refractivity contribution in [3.63, 3.8) is 0 Å². The summed E-state index contributed by atoms with van der Waals surface area (Å²) >= 11 is 1.78. The minimum absolute atomic E-state index is 0.528. The zero-order valence-electron chi connectivity index (χ0n) is 11.8. The zero-order chi connectivity index (χ0) is 14.5. The molecule has 0 fully saturated rings. The van der Waals surface area contributed by atoms with Crippen LogP contribution in [0, 0.1) is 0 Å². The number of benzene rings is 2. The molecule has 0 amide bonds. The van der Waals surface area contributed by atoms with Gasteiger partial charge in [0.2, 0.25) is 0 Å². The summed E-state index contributed by atoms with van der Waals surface area (Å²) in [4.78, 5) is 1.25. The van der Waals surface area contributed by atoms with Gasteiger partial charge in [-0.3, -0.25) is 0 Å². The van der Waals surface area contributed by atoms with Gasteiger partial charge in [-0.05, 0) is 34.6 Å². The molecule has 2 aromatic rings. The van der Waals surface area contributed by atoms with Crippen molar-refractivity contribution in [1.29, 1.82) is 0 Å². The van der Waals surface area contributed by atoms with E-state index in [1.165, 1.54) is 16.0 Å². The van der Waals surface area contributed by atoms with Gasteiger partial charge in [0.05, 0.1) is 0 Å². The maximum atomic E-state index is 9.04. The molecule has 0 saturated heterocycles. The molecule has 0 heterocycles. The van der Waals surface area contributed by atoms with E-state index < -0.39 is 7.12 Å². The van der Waals surface area contributed by atoms with E-state index in [4.69, 9.17) is 10.0 Å². The summed E-state index contributed by atoms with van der Waals surface area (Å²) in [6.45, 7) is 4.39. The summed E-state index contributed by atoms with van der Waals surface area (Å²) in [5.41, 5.74) is 3.06. The quantitative estimate of drug-likeness (QED) is 0.656. The van der Waals surface area contributed by atoms with Gasteiger partial charge in [-0.2, -0.15) is 0 Å². The SMILES string of the molecule is CC(C)c1ccc(SCc2ccc(B(O)O)cc2)cc1. The maximum absolute atomic E-state index is 9.04. The molecule has 4 heteroatoms. The highest BCUT2D eigenvalue weighted by Crippen LogP contribution is 2.24. The van der Waals surface area contributed by atoms with Crippen molar-refractivity contribution < 1.29 is 10.0 Å². The monoisotopic (exact) mass is 286 g/mol. The van der Waals surface area contributed by atoms with E-state index in [2.05, 4.69) is 38.1 Å². The second-order valence-corrected chi connectivity index (χ2v) is 6.18. The van der Waals surface area contributed by atoms with Crippen LogP contribution in [0.4, 0.5) is 0 Å². The van der Waals surface area contributed by atoms with Crippen LogP contribution in [0.5, 0.6) is 0 Å². The Kier molecular flexibility index (Phi) is 5.29. The molecule has 0 spiro atoms. The number of rotatable bonds is 5. The van der Waals surface area contributed by atoms with E-state index in [-0.39, 0.29) is 0 Å². The molecule has 0 saturated carbocycles. The first-order valence-corrected chi connectivity index (χ1v) is 7.72. The molecule has 0 bridgehead atoms. The van der Waals surface area contributed by atoms with Gasteiger partial charge in [0.1, 0.15) is 0 Å². The van der Waals surface area contributed by atoms with Gasteiger partial charge in [0.25, 0.3) is 0 Å². The van der Waals surface area contributed by atoms with E-state index in [9.17, 15) is 0 Å². The summed E-state index contributed by atoms with van der Waals surface area (Å²) < 4.78 is 0. The minimum atomic E-state index is -1.39. The third-order valence-electron chi connectivity index (χ3n) is 3.23. The van der Waals surface area contributed by atoms with Gasteiger partial charge < -0.3 is 10.0 Å². The summed E-state index contributed by atoms with van der Waals surface area (Å²) in [5, 5.41) is 18.1. The molecule has 0 atom stereocenters. The van der Waals surface area contributed by atoms with Crippen molar-refractivity contribution in [2.45, 2.75) is 30.4 Å². The Labute approximate surface area is 125 Å². The molecule has 2 N–H and O–H groups in total. The Morgan fingerprint density at radius 1 is 0.950 bits per heavy atom. The van der Waals surface area contributed by atoms with Crippen LogP contribution in [0.3, 0.4) is 0 Å². The van der Waals surface area contributed by atoms with E-state index in [1.807, 2.05) is 12.1 Å². The first kappa shape index (κ1) is 15.2. The second kappa shape index (κ2) is 6.98. The summed E-state index contributed by atoms with van der Waals surface area (Å²) in [6, 6.07) is 16.0. The Bertz CT molecular complexity index is 484. The molecule has 0 aliphatic heterocycles. The van der Waals surface area contributed by atoms with Crippen molar-refractivity contribution in [3.05, 3.63) is 59.7 Å². The predicted molar refractivity (Wildman–Crippen MR) is 86.4 cm³/mol. The lowest BCUT2D eigenvalue weighted by molar-refractivity contribution is 0.426. The lowest BCUT2D eigenvalue weighted by Gasteiger charge is -2.07. The summed E-state index contributed by atoms with van der Waals surface area (Å²) in [6.07, 6.45) is 0. The highest BCUT2D eigenvalue weighted by Gasteiger charge is 2.09. The van der Waals surface area contributed by atoms with Crippen molar-refractivity contribution in [1.82, 2.24) is 0 Å². The topological polar surface area (TPSA) is 40.5 Å². The Morgan fingerprint density at radius 2 is 1.55 bits per heavy atom. The van der Waals surface area contributed by atoms with Crippen LogP contribution >= 0.6 is 11.8 Å². The summed E-state index contributed by atoms with van der Waals surface area (Å²) in [5.74, 6) is 1.44. The third-order valence-corrected chi connectivity index (χ3v) is 4.31. The normalized spacial score (nSPS) is 10.8.